The van der Waals surface area contributed by atoms with Gasteiger partial charge >= 0.3 is 0 Å². The molecule has 2 aliphatic carbocycles. The molecule has 2 aliphatic rings. The van der Waals surface area contributed by atoms with Crippen molar-refractivity contribution in [2.75, 3.05) is 6.61 Å². The highest BCUT2D eigenvalue weighted by atomic mass is 16.3. The van der Waals surface area contributed by atoms with E-state index in [4.69, 9.17) is 4.98 Å². The van der Waals surface area contributed by atoms with Crippen molar-refractivity contribution in [1.82, 2.24) is 9.55 Å². The maximum absolute atomic E-state index is 10.6. The van der Waals surface area contributed by atoms with E-state index in [0.717, 1.165) is 55.6 Å². The summed E-state index contributed by atoms with van der Waals surface area (Å²) < 4.78 is 2.38. The van der Waals surface area contributed by atoms with Crippen molar-refractivity contribution in [3.8, 4) is 17.1 Å². The minimum atomic E-state index is -0.200. The van der Waals surface area contributed by atoms with Crippen LogP contribution >= 0.6 is 0 Å². The molecule has 2 N–H and O–H groups in total. The Morgan fingerprint density at radius 2 is 1.91 bits per heavy atom. The molecule has 32 heavy (non-hydrogen) atoms. The molecule has 0 saturated heterocycles. The number of nitrogens with zero attached hydrogens (tertiary/aromatic N) is 2. The van der Waals surface area contributed by atoms with E-state index in [0.29, 0.717) is 11.8 Å². The lowest BCUT2D eigenvalue weighted by molar-refractivity contribution is -0.00876. The molecule has 2 aromatic carbocycles. The molecule has 3 aromatic rings. The Hall–Kier alpha value is -2.43. The second-order valence-corrected chi connectivity index (χ2v) is 9.96. The first-order chi connectivity index (χ1) is 15.5. The van der Waals surface area contributed by atoms with E-state index in [2.05, 4.69) is 66.9 Å². The van der Waals surface area contributed by atoms with Gasteiger partial charge in [0.25, 0.3) is 0 Å². The standard InChI is InChI=1S/C28H34N2O2/c1-19-23-13-14-24-26(28(23,2)16-15-25(19)32)29-27(21-10-4-3-5-11-21)30(24)22-12-6-8-20(18-22)9-7-17-31/h3-6,8,10-12,18-19,23,25,31-32H,7,9,13-17H2,1-2H3/t19-,23?,25?,28-/m0/s1. The molecule has 4 atom stereocenters. The van der Waals surface area contributed by atoms with Crippen molar-refractivity contribution in [2.24, 2.45) is 11.8 Å². The van der Waals surface area contributed by atoms with Crippen molar-refractivity contribution in [1.29, 1.82) is 0 Å². The molecule has 4 nitrogen and oxygen atoms in total. The number of imidazole rings is 1. The molecule has 168 valence electrons. The molecule has 4 heteroatoms. The van der Waals surface area contributed by atoms with E-state index in [1.165, 1.54) is 17.0 Å². The molecule has 0 bridgehead atoms. The predicted molar refractivity (Wildman–Crippen MR) is 128 cm³/mol. The van der Waals surface area contributed by atoms with Crippen molar-refractivity contribution < 1.29 is 10.2 Å². The number of aromatic nitrogens is 2. The SMILES string of the molecule is C[C@@H]1C(O)CC[C@]2(C)c3nc(-c4ccccc4)n(-c4cccc(CCCO)c4)c3CCC12. The summed E-state index contributed by atoms with van der Waals surface area (Å²) in [6.07, 6.45) is 5.34. The number of aryl methyl sites for hydroxylation is 1. The summed E-state index contributed by atoms with van der Waals surface area (Å²) in [5.41, 5.74) is 6.07. The van der Waals surface area contributed by atoms with Crippen LogP contribution < -0.4 is 0 Å². The summed E-state index contributed by atoms with van der Waals surface area (Å²) in [5, 5.41) is 19.8. The third-order valence-electron chi connectivity index (χ3n) is 8.05. The zero-order chi connectivity index (χ0) is 22.3. The number of fused-ring (bicyclic) bond motifs is 3. The molecule has 1 saturated carbocycles. The molecule has 0 spiro atoms. The first-order valence-electron chi connectivity index (χ1n) is 12.1. The van der Waals surface area contributed by atoms with Crippen molar-refractivity contribution in [2.45, 2.75) is 63.9 Å². The van der Waals surface area contributed by atoms with Crippen LogP contribution in [0.15, 0.2) is 54.6 Å². The van der Waals surface area contributed by atoms with E-state index in [9.17, 15) is 10.2 Å². The van der Waals surface area contributed by atoms with Gasteiger partial charge in [0.15, 0.2) is 0 Å². The van der Waals surface area contributed by atoms with Crippen molar-refractivity contribution in [3.05, 3.63) is 71.5 Å². The topological polar surface area (TPSA) is 58.3 Å². The average Bonchev–Trinajstić information content (AvgIpc) is 3.22. The zero-order valence-electron chi connectivity index (χ0n) is 19.2. The Kier molecular flexibility index (Phi) is 5.68. The van der Waals surface area contributed by atoms with Crippen LogP contribution in [0.5, 0.6) is 0 Å². The quantitative estimate of drug-likeness (QED) is 0.594. The number of rotatable bonds is 5. The smallest absolute Gasteiger partial charge is 0.145 e. The van der Waals surface area contributed by atoms with E-state index < -0.39 is 0 Å². The van der Waals surface area contributed by atoms with E-state index >= 15 is 0 Å². The molecule has 0 aliphatic heterocycles. The number of aliphatic hydroxyl groups is 2. The minimum absolute atomic E-state index is 0.00446. The van der Waals surface area contributed by atoms with E-state index in [-0.39, 0.29) is 18.1 Å². The van der Waals surface area contributed by atoms with Gasteiger partial charge in [0.05, 0.1) is 11.8 Å². The highest BCUT2D eigenvalue weighted by molar-refractivity contribution is 5.62. The summed E-state index contributed by atoms with van der Waals surface area (Å²) >= 11 is 0. The van der Waals surface area contributed by atoms with Gasteiger partial charge in [0.1, 0.15) is 5.82 Å². The number of aliphatic hydroxyl groups excluding tert-OH is 2. The fourth-order valence-corrected chi connectivity index (χ4v) is 6.25. The molecule has 5 rings (SSSR count). The van der Waals surface area contributed by atoms with E-state index in [1.807, 2.05) is 6.07 Å². The van der Waals surface area contributed by atoms with Crippen LogP contribution in [0.2, 0.25) is 0 Å². The summed E-state index contributed by atoms with van der Waals surface area (Å²) in [6, 6.07) is 19.2. The molecule has 1 aromatic heterocycles. The molecular formula is C28H34N2O2. The van der Waals surface area contributed by atoms with Crippen LogP contribution in [0.25, 0.3) is 17.1 Å². The summed E-state index contributed by atoms with van der Waals surface area (Å²) in [4.78, 5) is 5.35. The van der Waals surface area contributed by atoms with Crippen LogP contribution in [-0.4, -0.2) is 32.5 Å². The number of hydrogen-bond acceptors (Lipinski definition) is 3. The normalized spacial score (nSPS) is 27.1. The summed E-state index contributed by atoms with van der Waals surface area (Å²) in [7, 11) is 0. The monoisotopic (exact) mass is 430 g/mol. The molecule has 2 unspecified atom stereocenters. The second-order valence-electron chi connectivity index (χ2n) is 9.96. The van der Waals surface area contributed by atoms with Gasteiger partial charge in [0, 0.05) is 29.0 Å². The van der Waals surface area contributed by atoms with Crippen LogP contribution in [0.3, 0.4) is 0 Å². The highest BCUT2D eigenvalue weighted by Crippen LogP contribution is 2.52. The Labute approximate surface area is 191 Å². The number of benzene rings is 2. The fourth-order valence-electron chi connectivity index (χ4n) is 6.25. The van der Waals surface area contributed by atoms with Gasteiger partial charge in [-0.3, -0.25) is 4.57 Å². The highest BCUT2D eigenvalue weighted by Gasteiger charge is 2.50. The average molecular weight is 431 g/mol. The molecule has 1 fully saturated rings. The lowest BCUT2D eigenvalue weighted by atomic mass is 9.56. The van der Waals surface area contributed by atoms with Gasteiger partial charge in [-0.25, -0.2) is 4.98 Å². The lowest BCUT2D eigenvalue weighted by Gasteiger charge is -2.49. The van der Waals surface area contributed by atoms with Crippen LogP contribution in [-0.2, 0) is 18.3 Å². The Balaban J connectivity index is 1.68. The Morgan fingerprint density at radius 1 is 1.09 bits per heavy atom. The maximum atomic E-state index is 10.6. The largest absolute Gasteiger partial charge is 0.396 e. The first kappa shape index (κ1) is 21.4. The number of hydrogen-bond donors (Lipinski definition) is 2. The summed E-state index contributed by atoms with van der Waals surface area (Å²) in [5.74, 6) is 1.77. The van der Waals surface area contributed by atoms with Crippen LogP contribution in [0.4, 0.5) is 0 Å². The third kappa shape index (κ3) is 3.50. The van der Waals surface area contributed by atoms with Crippen LogP contribution in [0.1, 0.15) is 56.5 Å². The van der Waals surface area contributed by atoms with Crippen LogP contribution in [0, 0.1) is 11.8 Å². The minimum Gasteiger partial charge on any atom is -0.396 e. The zero-order valence-corrected chi connectivity index (χ0v) is 19.2. The maximum Gasteiger partial charge on any atom is 0.145 e. The Morgan fingerprint density at radius 3 is 2.69 bits per heavy atom. The van der Waals surface area contributed by atoms with Crippen molar-refractivity contribution in [3.63, 3.8) is 0 Å². The van der Waals surface area contributed by atoms with Gasteiger partial charge in [-0.05, 0) is 68.1 Å². The van der Waals surface area contributed by atoms with Gasteiger partial charge in [-0.1, -0.05) is 56.3 Å². The van der Waals surface area contributed by atoms with Crippen molar-refractivity contribution >= 4 is 0 Å². The molecule has 0 amide bonds. The fraction of sp³-hybridized carbons (Fsp3) is 0.464. The van der Waals surface area contributed by atoms with Gasteiger partial charge < -0.3 is 10.2 Å². The first-order valence-corrected chi connectivity index (χ1v) is 12.1. The Bertz CT molecular complexity index is 1090. The molecule has 1 heterocycles. The lowest BCUT2D eigenvalue weighted by Crippen LogP contribution is -2.48. The second kappa shape index (κ2) is 8.49. The van der Waals surface area contributed by atoms with E-state index in [1.54, 1.807) is 0 Å². The molecule has 0 radical (unpaired) electrons. The summed E-state index contributed by atoms with van der Waals surface area (Å²) in [6.45, 7) is 4.81. The third-order valence-corrected chi connectivity index (χ3v) is 8.05. The van der Waals surface area contributed by atoms with Gasteiger partial charge in [-0.15, -0.1) is 0 Å². The predicted octanol–water partition coefficient (Wildman–Crippen LogP) is 5.08. The van der Waals surface area contributed by atoms with Gasteiger partial charge in [0.2, 0.25) is 0 Å². The molecular weight excluding hydrogens is 396 g/mol. The van der Waals surface area contributed by atoms with Gasteiger partial charge in [-0.2, -0.15) is 0 Å².